The maximum absolute atomic E-state index is 11.9. The lowest BCUT2D eigenvalue weighted by atomic mass is 10.1. The van der Waals surface area contributed by atoms with Gasteiger partial charge in [0, 0.05) is 31.7 Å². The van der Waals surface area contributed by atoms with Gasteiger partial charge in [-0.25, -0.2) is 4.79 Å². The zero-order valence-electron chi connectivity index (χ0n) is 15.0. The molecular formula is C18H29N3O3. The van der Waals surface area contributed by atoms with Crippen molar-refractivity contribution in [1.29, 1.82) is 0 Å². The van der Waals surface area contributed by atoms with Gasteiger partial charge in [0.2, 0.25) is 0 Å². The predicted octanol–water partition coefficient (Wildman–Crippen LogP) is 2.29. The van der Waals surface area contributed by atoms with Gasteiger partial charge in [0.25, 0.3) is 0 Å². The molecule has 1 aliphatic rings. The van der Waals surface area contributed by atoms with E-state index in [9.17, 15) is 4.79 Å². The van der Waals surface area contributed by atoms with Crippen LogP contribution in [0.1, 0.15) is 38.8 Å². The molecule has 1 aromatic carbocycles. The van der Waals surface area contributed by atoms with Crippen LogP contribution in [-0.2, 0) is 4.74 Å². The normalized spacial score (nSPS) is 19.8. The van der Waals surface area contributed by atoms with Crippen molar-refractivity contribution in [1.82, 2.24) is 10.2 Å². The van der Waals surface area contributed by atoms with E-state index < -0.39 is 5.60 Å². The van der Waals surface area contributed by atoms with E-state index in [1.807, 2.05) is 45.0 Å². The van der Waals surface area contributed by atoms with Crippen LogP contribution in [0.3, 0.4) is 0 Å². The van der Waals surface area contributed by atoms with Crippen LogP contribution < -0.4 is 15.8 Å². The van der Waals surface area contributed by atoms with Crippen molar-refractivity contribution in [2.45, 2.75) is 44.9 Å². The van der Waals surface area contributed by atoms with E-state index in [0.717, 1.165) is 30.8 Å². The van der Waals surface area contributed by atoms with E-state index in [2.05, 4.69) is 10.2 Å². The van der Waals surface area contributed by atoms with Crippen molar-refractivity contribution >= 4 is 6.09 Å². The van der Waals surface area contributed by atoms with Gasteiger partial charge in [-0.05, 0) is 44.9 Å². The standard InChI is InChI=1S/C18H29N3O3/c1-18(2,3)24-17(22)20-14-9-10-21(12-14)16(11-19)13-5-7-15(23-4)8-6-13/h5-8,14,16H,9-12,19H2,1-4H3,(H,20,22). The second-order valence-electron chi connectivity index (χ2n) is 7.15. The van der Waals surface area contributed by atoms with Crippen LogP contribution >= 0.6 is 0 Å². The lowest BCUT2D eigenvalue weighted by Gasteiger charge is -2.27. The topological polar surface area (TPSA) is 76.8 Å². The lowest BCUT2D eigenvalue weighted by molar-refractivity contribution is 0.0504. The molecule has 1 saturated heterocycles. The number of ether oxygens (including phenoxy) is 2. The van der Waals surface area contributed by atoms with Gasteiger partial charge in [0.1, 0.15) is 11.4 Å². The highest BCUT2D eigenvalue weighted by atomic mass is 16.6. The van der Waals surface area contributed by atoms with Crippen molar-refractivity contribution in [3.05, 3.63) is 29.8 Å². The monoisotopic (exact) mass is 335 g/mol. The van der Waals surface area contributed by atoms with Crippen molar-refractivity contribution in [2.24, 2.45) is 5.73 Å². The lowest BCUT2D eigenvalue weighted by Crippen LogP contribution is -2.41. The zero-order valence-corrected chi connectivity index (χ0v) is 15.0. The number of likely N-dealkylation sites (tertiary alicyclic amines) is 1. The second kappa shape index (κ2) is 7.85. The molecule has 1 fully saturated rings. The summed E-state index contributed by atoms with van der Waals surface area (Å²) in [6.45, 7) is 7.79. The number of amides is 1. The number of carbonyl (C=O) groups is 1. The minimum Gasteiger partial charge on any atom is -0.497 e. The van der Waals surface area contributed by atoms with E-state index in [1.54, 1.807) is 7.11 Å². The Balaban J connectivity index is 1.93. The van der Waals surface area contributed by atoms with Gasteiger partial charge in [0.15, 0.2) is 0 Å². The molecule has 2 atom stereocenters. The molecule has 2 unspecified atom stereocenters. The predicted molar refractivity (Wildman–Crippen MR) is 94.1 cm³/mol. The Morgan fingerprint density at radius 1 is 1.38 bits per heavy atom. The first kappa shape index (κ1) is 18.5. The number of nitrogens with zero attached hydrogens (tertiary/aromatic N) is 1. The van der Waals surface area contributed by atoms with Gasteiger partial charge < -0.3 is 20.5 Å². The summed E-state index contributed by atoms with van der Waals surface area (Å²) in [6.07, 6.45) is 0.536. The quantitative estimate of drug-likeness (QED) is 0.863. The number of carbonyl (C=O) groups excluding carboxylic acids is 1. The number of nitrogens with one attached hydrogen (secondary N) is 1. The average Bonchev–Trinajstić information content (AvgIpc) is 2.95. The second-order valence-corrected chi connectivity index (χ2v) is 7.15. The van der Waals surface area contributed by atoms with Gasteiger partial charge in [-0.3, -0.25) is 4.90 Å². The Morgan fingerprint density at radius 2 is 2.04 bits per heavy atom. The molecule has 1 aliphatic heterocycles. The molecule has 1 aromatic rings. The third kappa shape index (κ3) is 5.11. The van der Waals surface area contributed by atoms with Crippen LogP contribution in [0.4, 0.5) is 4.79 Å². The molecule has 6 heteroatoms. The van der Waals surface area contributed by atoms with Gasteiger partial charge in [-0.1, -0.05) is 12.1 Å². The molecule has 0 bridgehead atoms. The Hall–Kier alpha value is -1.79. The minimum atomic E-state index is -0.481. The zero-order chi connectivity index (χ0) is 17.7. The highest BCUT2D eigenvalue weighted by Gasteiger charge is 2.30. The molecule has 24 heavy (non-hydrogen) atoms. The summed E-state index contributed by atoms with van der Waals surface area (Å²) in [5.41, 5.74) is 6.68. The van der Waals surface area contributed by atoms with Crippen LogP contribution in [0.15, 0.2) is 24.3 Å². The first-order valence-corrected chi connectivity index (χ1v) is 8.40. The maximum Gasteiger partial charge on any atom is 0.407 e. The highest BCUT2D eigenvalue weighted by Crippen LogP contribution is 2.26. The van der Waals surface area contributed by atoms with E-state index in [-0.39, 0.29) is 18.2 Å². The summed E-state index contributed by atoms with van der Waals surface area (Å²) in [5.74, 6) is 0.834. The molecule has 6 nitrogen and oxygen atoms in total. The van der Waals surface area contributed by atoms with Crippen LogP contribution in [0.2, 0.25) is 0 Å². The first-order valence-electron chi connectivity index (χ1n) is 8.40. The van der Waals surface area contributed by atoms with Crippen molar-refractivity contribution < 1.29 is 14.3 Å². The summed E-state index contributed by atoms with van der Waals surface area (Å²) < 4.78 is 10.5. The van der Waals surface area contributed by atoms with Crippen LogP contribution in [0.25, 0.3) is 0 Å². The summed E-state index contributed by atoms with van der Waals surface area (Å²) in [5, 5.41) is 2.95. The van der Waals surface area contributed by atoms with Gasteiger partial charge in [0.05, 0.1) is 7.11 Å². The SMILES string of the molecule is COc1ccc(C(CN)N2CCC(NC(=O)OC(C)(C)C)C2)cc1. The fourth-order valence-corrected chi connectivity index (χ4v) is 2.98. The Morgan fingerprint density at radius 3 is 2.58 bits per heavy atom. The summed E-state index contributed by atoms with van der Waals surface area (Å²) in [4.78, 5) is 14.2. The summed E-state index contributed by atoms with van der Waals surface area (Å²) >= 11 is 0. The van der Waals surface area contributed by atoms with Crippen molar-refractivity contribution in [2.75, 3.05) is 26.7 Å². The molecule has 0 spiro atoms. The third-order valence-corrected chi connectivity index (χ3v) is 4.11. The average molecular weight is 335 g/mol. The maximum atomic E-state index is 11.9. The Labute approximate surface area is 144 Å². The van der Waals surface area contributed by atoms with E-state index >= 15 is 0 Å². The molecule has 2 rings (SSSR count). The number of alkyl carbamates (subject to hydrolysis) is 1. The highest BCUT2D eigenvalue weighted by molar-refractivity contribution is 5.68. The molecule has 1 amide bonds. The van der Waals surface area contributed by atoms with E-state index in [4.69, 9.17) is 15.2 Å². The van der Waals surface area contributed by atoms with Crippen LogP contribution in [-0.4, -0.2) is 49.4 Å². The van der Waals surface area contributed by atoms with Gasteiger partial charge in [-0.15, -0.1) is 0 Å². The van der Waals surface area contributed by atoms with Crippen LogP contribution in [0, 0.1) is 0 Å². The van der Waals surface area contributed by atoms with E-state index in [1.165, 1.54) is 0 Å². The van der Waals surface area contributed by atoms with Gasteiger partial charge >= 0.3 is 6.09 Å². The van der Waals surface area contributed by atoms with Crippen molar-refractivity contribution in [3.63, 3.8) is 0 Å². The molecule has 0 aliphatic carbocycles. The number of benzene rings is 1. The number of hydrogen-bond donors (Lipinski definition) is 2. The summed E-state index contributed by atoms with van der Waals surface area (Å²) in [6, 6.07) is 8.22. The summed E-state index contributed by atoms with van der Waals surface area (Å²) in [7, 11) is 1.66. The molecule has 0 aromatic heterocycles. The number of rotatable bonds is 5. The Bertz CT molecular complexity index is 539. The molecule has 0 saturated carbocycles. The molecule has 3 N–H and O–H groups in total. The molecule has 134 valence electrons. The number of nitrogens with two attached hydrogens (primary N) is 1. The minimum absolute atomic E-state index is 0.0900. The first-order chi connectivity index (χ1) is 11.3. The number of methoxy groups -OCH3 is 1. The fourth-order valence-electron chi connectivity index (χ4n) is 2.98. The molecule has 1 heterocycles. The smallest absolute Gasteiger partial charge is 0.407 e. The van der Waals surface area contributed by atoms with Gasteiger partial charge in [-0.2, -0.15) is 0 Å². The van der Waals surface area contributed by atoms with Crippen LogP contribution in [0.5, 0.6) is 5.75 Å². The molecular weight excluding hydrogens is 306 g/mol. The van der Waals surface area contributed by atoms with E-state index in [0.29, 0.717) is 6.54 Å². The largest absolute Gasteiger partial charge is 0.497 e. The fraction of sp³-hybridized carbons (Fsp3) is 0.611. The number of hydrogen-bond acceptors (Lipinski definition) is 5. The Kier molecular flexibility index (Phi) is 6.07. The van der Waals surface area contributed by atoms with Crippen molar-refractivity contribution in [3.8, 4) is 5.75 Å². The third-order valence-electron chi connectivity index (χ3n) is 4.11. The molecule has 0 radical (unpaired) electrons.